The third-order valence-electron chi connectivity index (χ3n) is 7.84. The number of piperazine rings is 1. The minimum atomic E-state index is -0.701. The number of halogens is 2. The minimum Gasteiger partial charge on any atom is -0.481 e. The second-order valence-electron chi connectivity index (χ2n) is 11.0. The number of piperidine rings is 2. The van der Waals surface area contributed by atoms with E-state index in [1.54, 1.807) is 12.4 Å². The quantitative estimate of drug-likeness (QED) is 0.291. The Morgan fingerprint density at radius 3 is 2.54 bits per heavy atom. The summed E-state index contributed by atoms with van der Waals surface area (Å²) in [5.41, 5.74) is 3.14. The summed E-state index contributed by atoms with van der Waals surface area (Å²) < 4.78 is 7.96. The van der Waals surface area contributed by atoms with Crippen LogP contribution in [0.3, 0.4) is 0 Å². The van der Waals surface area contributed by atoms with Crippen molar-refractivity contribution >= 4 is 62.7 Å². The molecular formula is C28H32I2N6O3. The van der Waals surface area contributed by atoms with Crippen LogP contribution in [0.4, 0.5) is 5.95 Å². The standard InChI is InChI=1S/C28H32I2N6O3/c29-20-8-19(9-21(30)10-20)25-5-18(14-35-3-1-17(2-4-35)7-27(37)38)6-26(34-25)39-24-12-31-28(32-13-24)36-15-22-11-23(16-36)33-22/h5-6,8-9,12-13,17,20,22-23,33H,1-4,7,10-11,14-16H2,(H,37,38). The highest BCUT2D eigenvalue weighted by Gasteiger charge is 2.37. The number of fused-ring (bicyclic) bond motifs is 2. The summed E-state index contributed by atoms with van der Waals surface area (Å²) in [4.78, 5) is 29.8. The fourth-order valence-corrected chi connectivity index (χ4v) is 8.42. The molecule has 4 aliphatic heterocycles. The predicted molar refractivity (Wildman–Crippen MR) is 167 cm³/mol. The van der Waals surface area contributed by atoms with Crippen molar-refractivity contribution in [3.8, 4) is 11.6 Å². The number of nitrogens with one attached hydrogen (secondary N) is 1. The second kappa shape index (κ2) is 12.0. The van der Waals surface area contributed by atoms with Crippen LogP contribution in [0.25, 0.3) is 5.57 Å². The monoisotopic (exact) mass is 754 g/mol. The first-order chi connectivity index (χ1) is 18.9. The van der Waals surface area contributed by atoms with Gasteiger partial charge in [0.2, 0.25) is 11.8 Å². The number of aliphatic carboxylic acids is 1. The van der Waals surface area contributed by atoms with Crippen LogP contribution in [0.2, 0.25) is 0 Å². The largest absolute Gasteiger partial charge is 0.481 e. The third kappa shape index (κ3) is 6.91. The van der Waals surface area contributed by atoms with Crippen LogP contribution in [0, 0.1) is 5.92 Å². The number of anilines is 1. The maximum Gasteiger partial charge on any atom is 0.303 e. The van der Waals surface area contributed by atoms with Gasteiger partial charge < -0.3 is 20.1 Å². The molecule has 2 bridgehead atoms. The lowest BCUT2D eigenvalue weighted by atomic mass is 9.92. The lowest BCUT2D eigenvalue weighted by Crippen LogP contribution is -2.67. The van der Waals surface area contributed by atoms with Crippen LogP contribution in [0.1, 0.15) is 43.4 Å². The first-order valence-electron chi connectivity index (χ1n) is 13.5. The Labute approximate surface area is 255 Å². The molecule has 0 radical (unpaired) electrons. The molecule has 0 amide bonds. The summed E-state index contributed by atoms with van der Waals surface area (Å²) in [7, 11) is 0. The molecule has 1 aliphatic carbocycles. The maximum absolute atomic E-state index is 11.1. The Hall–Kier alpha value is -1.84. The molecule has 4 saturated heterocycles. The molecule has 0 spiro atoms. The highest BCUT2D eigenvalue weighted by molar-refractivity contribution is 14.1. The molecule has 206 valence electrons. The summed E-state index contributed by atoms with van der Waals surface area (Å²) in [6.45, 7) is 4.44. The number of likely N-dealkylation sites (tertiary alicyclic amines) is 1. The molecule has 0 saturated carbocycles. The first-order valence-corrected chi connectivity index (χ1v) is 15.9. The van der Waals surface area contributed by atoms with E-state index in [2.05, 4.69) is 88.5 Å². The molecule has 4 fully saturated rings. The molecule has 11 heteroatoms. The van der Waals surface area contributed by atoms with Crippen molar-refractivity contribution in [3.63, 3.8) is 0 Å². The molecule has 2 aromatic heterocycles. The van der Waals surface area contributed by atoms with Crippen molar-refractivity contribution < 1.29 is 14.6 Å². The van der Waals surface area contributed by atoms with Crippen molar-refractivity contribution in [2.45, 2.75) is 54.7 Å². The number of carbonyl (C=O) groups is 1. The second-order valence-corrected chi connectivity index (χ2v) is 14.0. The predicted octanol–water partition coefficient (Wildman–Crippen LogP) is 4.81. The average molecular weight is 754 g/mol. The van der Waals surface area contributed by atoms with Gasteiger partial charge in [-0.15, -0.1) is 0 Å². The topological polar surface area (TPSA) is 104 Å². The number of ether oxygens (including phenoxy) is 1. The van der Waals surface area contributed by atoms with Gasteiger partial charge in [-0.05, 0) is 94.1 Å². The number of allylic oxidation sites excluding steroid dienone is 4. The Bertz CT molecular complexity index is 1260. The van der Waals surface area contributed by atoms with Crippen LogP contribution in [-0.4, -0.2) is 73.1 Å². The zero-order chi connectivity index (χ0) is 26.9. The average Bonchev–Trinajstić information content (AvgIpc) is 2.89. The lowest BCUT2D eigenvalue weighted by Gasteiger charge is -2.48. The number of aromatic nitrogens is 3. The summed E-state index contributed by atoms with van der Waals surface area (Å²) in [5, 5.41) is 12.7. The van der Waals surface area contributed by atoms with Gasteiger partial charge in [0.25, 0.3) is 0 Å². The molecule has 3 atom stereocenters. The summed E-state index contributed by atoms with van der Waals surface area (Å²) in [6, 6.07) is 5.26. The Balaban J connectivity index is 1.19. The van der Waals surface area contributed by atoms with Crippen LogP contribution in [-0.2, 0) is 11.3 Å². The number of pyridine rings is 1. The normalized spacial score (nSPS) is 25.5. The van der Waals surface area contributed by atoms with E-state index in [1.165, 1.54) is 10.0 Å². The molecule has 2 N–H and O–H groups in total. The van der Waals surface area contributed by atoms with Crippen molar-refractivity contribution in [3.05, 3.63) is 51.5 Å². The van der Waals surface area contributed by atoms with Gasteiger partial charge in [-0.25, -0.2) is 15.0 Å². The molecule has 5 aliphatic rings. The minimum absolute atomic E-state index is 0.262. The van der Waals surface area contributed by atoms with Crippen molar-refractivity contribution in [1.82, 2.24) is 25.2 Å². The molecular weight excluding hydrogens is 722 g/mol. The Kier molecular flexibility index (Phi) is 8.38. The Morgan fingerprint density at radius 2 is 1.87 bits per heavy atom. The fourth-order valence-electron chi connectivity index (χ4n) is 5.90. The van der Waals surface area contributed by atoms with E-state index >= 15 is 0 Å². The van der Waals surface area contributed by atoms with Crippen LogP contribution in [0.5, 0.6) is 11.6 Å². The summed E-state index contributed by atoms with van der Waals surface area (Å²) in [6.07, 6.45) is 12.3. The van der Waals surface area contributed by atoms with Crippen molar-refractivity contribution in [2.24, 2.45) is 5.92 Å². The highest BCUT2D eigenvalue weighted by atomic mass is 127. The molecule has 0 aromatic carbocycles. The number of rotatable bonds is 8. The summed E-state index contributed by atoms with van der Waals surface area (Å²) in [5.74, 6) is 1.40. The van der Waals surface area contributed by atoms with Crippen LogP contribution >= 0.6 is 45.2 Å². The molecule has 9 nitrogen and oxygen atoms in total. The molecule has 39 heavy (non-hydrogen) atoms. The SMILES string of the molecule is O=C(O)CC1CCN(Cc2cc(Oc3cnc(N4CC5CC(C4)N5)nc3)nc(C3=CC(I)CC(I)=C3)c2)CC1. The lowest BCUT2D eigenvalue weighted by molar-refractivity contribution is -0.138. The van der Waals surface area contributed by atoms with Gasteiger partial charge in [0.1, 0.15) is 0 Å². The molecule has 2 aromatic rings. The van der Waals surface area contributed by atoms with Gasteiger partial charge in [0, 0.05) is 48.1 Å². The zero-order valence-corrected chi connectivity index (χ0v) is 25.9. The number of hydrogen-bond donors (Lipinski definition) is 2. The highest BCUT2D eigenvalue weighted by Crippen LogP contribution is 2.34. The van der Waals surface area contributed by atoms with E-state index in [-0.39, 0.29) is 12.3 Å². The molecule has 7 rings (SSSR count). The van der Waals surface area contributed by atoms with E-state index in [0.717, 1.165) is 74.8 Å². The third-order valence-corrected chi connectivity index (χ3v) is 9.39. The number of alkyl halides is 1. The zero-order valence-electron chi connectivity index (χ0n) is 21.6. The van der Waals surface area contributed by atoms with E-state index in [1.807, 2.05) is 6.07 Å². The van der Waals surface area contributed by atoms with Gasteiger partial charge in [-0.1, -0.05) is 28.7 Å². The smallest absolute Gasteiger partial charge is 0.303 e. The van der Waals surface area contributed by atoms with E-state index in [0.29, 0.717) is 27.6 Å². The number of carboxylic acid groups (broad SMARTS) is 1. The Morgan fingerprint density at radius 1 is 1.15 bits per heavy atom. The number of hydrogen-bond acceptors (Lipinski definition) is 8. The molecule has 6 heterocycles. The number of nitrogens with zero attached hydrogens (tertiary/aromatic N) is 5. The van der Waals surface area contributed by atoms with Crippen molar-refractivity contribution in [2.75, 3.05) is 31.1 Å². The van der Waals surface area contributed by atoms with Gasteiger partial charge in [-0.3, -0.25) is 9.69 Å². The van der Waals surface area contributed by atoms with E-state index < -0.39 is 5.97 Å². The van der Waals surface area contributed by atoms with Gasteiger partial charge in [0.05, 0.1) is 18.1 Å². The van der Waals surface area contributed by atoms with E-state index in [9.17, 15) is 4.79 Å². The van der Waals surface area contributed by atoms with Crippen molar-refractivity contribution in [1.29, 1.82) is 0 Å². The van der Waals surface area contributed by atoms with Crippen LogP contribution < -0.4 is 15.0 Å². The number of carboxylic acids is 1. The van der Waals surface area contributed by atoms with Crippen LogP contribution in [0.15, 0.2) is 40.3 Å². The molecule has 3 unspecified atom stereocenters. The first kappa shape index (κ1) is 27.3. The van der Waals surface area contributed by atoms with Gasteiger partial charge >= 0.3 is 5.97 Å². The fraction of sp³-hybridized carbons (Fsp3) is 0.500. The van der Waals surface area contributed by atoms with Gasteiger partial charge in [-0.2, -0.15) is 0 Å². The van der Waals surface area contributed by atoms with E-state index in [4.69, 9.17) is 14.8 Å². The summed E-state index contributed by atoms with van der Waals surface area (Å²) >= 11 is 4.89. The van der Waals surface area contributed by atoms with Gasteiger partial charge in [0.15, 0.2) is 5.75 Å². The maximum atomic E-state index is 11.1.